The maximum Gasteiger partial charge on any atom is 0.239 e. The summed E-state index contributed by atoms with van der Waals surface area (Å²) in [7, 11) is 0. The second-order valence-corrected chi connectivity index (χ2v) is 5.38. The van der Waals surface area contributed by atoms with Crippen LogP contribution in [0.4, 0.5) is 0 Å². The predicted molar refractivity (Wildman–Crippen MR) is 71.8 cm³/mol. The molecule has 0 spiro atoms. The molecule has 1 unspecified atom stereocenters. The second-order valence-electron chi connectivity index (χ2n) is 5.38. The van der Waals surface area contributed by atoms with Crippen LogP contribution in [-0.4, -0.2) is 17.9 Å². The van der Waals surface area contributed by atoms with Crippen LogP contribution in [0.15, 0.2) is 0 Å². The number of carbonyl (C=O) groups excluding carboxylic acids is 2. The summed E-state index contributed by atoms with van der Waals surface area (Å²) in [6.07, 6.45) is 6.83. The quantitative estimate of drug-likeness (QED) is 0.760. The molecule has 0 aromatic rings. The smallest absolute Gasteiger partial charge is 0.239 e. The predicted octanol–water partition coefficient (Wildman–Crippen LogP) is 1.97. The van der Waals surface area contributed by atoms with E-state index >= 15 is 0 Å². The van der Waals surface area contributed by atoms with Crippen LogP contribution in [0.3, 0.4) is 0 Å². The van der Waals surface area contributed by atoms with Gasteiger partial charge in [-0.1, -0.05) is 26.7 Å². The first kappa shape index (κ1) is 15.0. The molecule has 0 bridgehead atoms. The Morgan fingerprint density at radius 3 is 2.28 bits per heavy atom. The maximum absolute atomic E-state index is 12.1. The highest BCUT2D eigenvalue weighted by molar-refractivity contribution is 5.87. The van der Waals surface area contributed by atoms with Gasteiger partial charge < -0.3 is 11.1 Å². The van der Waals surface area contributed by atoms with E-state index in [0.717, 1.165) is 38.0 Å². The Hall–Kier alpha value is -1.06. The van der Waals surface area contributed by atoms with Gasteiger partial charge in [-0.25, -0.2) is 0 Å². The number of nitrogens with two attached hydrogens (primary N) is 1. The van der Waals surface area contributed by atoms with Crippen molar-refractivity contribution in [1.82, 2.24) is 5.32 Å². The van der Waals surface area contributed by atoms with Crippen LogP contribution in [-0.2, 0) is 9.59 Å². The zero-order valence-corrected chi connectivity index (χ0v) is 11.6. The lowest BCUT2D eigenvalue weighted by Gasteiger charge is -2.28. The van der Waals surface area contributed by atoms with Crippen molar-refractivity contribution in [3.63, 3.8) is 0 Å². The van der Waals surface area contributed by atoms with Gasteiger partial charge in [0.1, 0.15) is 6.04 Å². The Balaban J connectivity index is 2.42. The van der Waals surface area contributed by atoms with Gasteiger partial charge in [0.05, 0.1) is 0 Å². The lowest BCUT2D eigenvalue weighted by atomic mass is 9.80. The first-order chi connectivity index (χ1) is 8.58. The number of carbonyl (C=O) groups is 2. The Kier molecular flexibility index (Phi) is 6.16. The highest BCUT2D eigenvalue weighted by Crippen LogP contribution is 2.30. The zero-order valence-electron chi connectivity index (χ0n) is 11.6. The van der Waals surface area contributed by atoms with E-state index < -0.39 is 11.9 Å². The van der Waals surface area contributed by atoms with E-state index in [1.165, 1.54) is 6.42 Å². The third-order valence-electron chi connectivity index (χ3n) is 4.03. The summed E-state index contributed by atoms with van der Waals surface area (Å²) in [4.78, 5) is 23.3. The molecular formula is C14H26N2O2. The molecular weight excluding hydrogens is 228 g/mol. The van der Waals surface area contributed by atoms with Crippen molar-refractivity contribution in [1.29, 1.82) is 0 Å². The van der Waals surface area contributed by atoms with E-state index in [-0.39, 0.29) is 11.8 Å². The Morgan fingerprint density at radius 2 is 1.83 bits per heavy atom. The number of hydrogen-bond acceptors (Lipinski definition) is 2. The fourth-order valence-corrected chi connectivity index (χ4v) is 2.70. The molecule has 0 aromatic heterocycles. The fraction of sp³-hybridized carbons (Fsp3) is 0.857. The van der Waals surface area contributed by atoms with Crippen molar-refractivity contribution in [2.75, 3.05) is 0 Å². The normalized spacial score (nSPS) is 25.4. The van der Waals surface area contributed by atoms with Crippen LogP contribution in [0, 0.1) is 11.8 Å². The van der Waals surface area contributed by atoms with Crippen LogP contribution in [0.1, 0.15) is 58.8 Å². The average molecular weight is 254 g/mol. The van der Waals surface area contributed by atoms with Crippen molar-refractivity contribution in [3.05, 3.63) is 0 Å². The van der Waals surface area contributed by atoms with Gasteiger partial charge in [0, 0.05) is 5.92 Å². The van der Waals surface area contributed by atoms with Crippen LogP contribution in [0.2, 0.25) is 0 Å². The van der Waals surface area contributed by atoms with Crippen molar-refractivity contribution in [2.45, 2.75) is 64.8 Å². The summed E-state index contributed by atoms with van der Waals surface area (Å²) >= 11 is 0. The van der Waals surface area contributed by atoms with Crippen LogP contribution >= 0.6 is 0 Å². The van der Waals surface area contributed by atoms with Gasteiger partial charge in [0.15, 0.2) is 0 Å². The summed E-state index contributed by atoms with van der Waals surface area (Å²) in [5.41, 5.74) is 5.29. The Morgan fingerprint density at radius 1 is 1.22 bits per heavy atom. The van der Waals surface area contributed by atoms with Gasteiger partial charge in [0.2, 0.25) is 11.8 Å². The topological polar surface area (TPSA) is 72.2 Å². The number of rotatable bonds is 6. The van der Waals surface area contributed by atoms with E-state index in [9.17, 15) is 9.59 Å². The molecule has 0 aromatic carbocycles. The number of amides is 2. The van der Waals surface area contributed by atoms with Crippen molar-refractivity contribution in [3.8, 4) is 0 Å². The van der Waals surface area contributed by atoms with Crippen molar-refractivity contribution < 1.29 is 9.59 Å². The molecule has 0 heterocycles. The molecule has 4 heteroatoms. The van der Waals surface area contributed by atoms with E-state index in [1.807, 2.05) is 6.92 Å². The van der Waals surface area contributed by atoms with Crippen LogP contribution in [0.5, 0.6) is 0 Å². The van der Waals surface area contributed by atoms with Gasteiger partial charge >= 0.3 is 0 Å². The molecule has 4 nitrogen and oxygen atoms in total. The summed E-state index contributed by atoms with van der Waals surface area (Å²) in [5, 5.41) is 2.81. The third kappa shape index (κ3) is 4.31. The minimum absolute atomic E-state index is 0.0156. The first-order valence-electron chi connectivity index (χ1n) is 7.18. The molecule has 1 saturated carbocycles. The van der Waals surface area contributed by atoms with Gasteiger partial charge in [0.25, 0.3) is 0 Å². The highest BCUT2D eigenvalue weighted by Gasteiger charge is 2.27. The number of primary amides is 1. The lowest BCUT2D eigenvalue weighted by molar-refractivity contribution is -0.131. The summed E-state index contributed by atoms with van der Waals surface area (Å²) < 4.78 is 0. The molecule has 1 aliphatic rings. The highest BCUT2D eigenvalue weighted by atomic mass is 16.2. The average Bonchev–Trinajstić information content (AvgIpc) is 2.38. The molecule has 3 N–H and O–H groups in total. The van der Waals surface area contributed by atoms with Crippen LogP contribution < -0.4 is 11.1 Å². The van der Waals surface area contributed by atoms with Gasteiger partial charge in [-0.3, -0.25) is 9.59 Å². The molecule has 1 fully saturated rings. The first-order valence-corrected chi connectivity index (χ1v) is 7.18. The Labute approximate surface area is 110 Å². The minimum atomic E-state index is -0.494. The van der Waals surface area contributed by atoms with Crippen LogP contribution in [0.25, 0.3) is 0 Å². The molecule has 1 atom stereocenters. The molecule has 1 rings (SSSR count). The van der Waals surface area contributed by atoms with E-state index in [1.54, 1.807) is 0 Å². The largest absolute Gasteiger partial charge is 0.368 e. The lowest BCUT2D eigenvalue weighted by Crippen LogP contribution is -2.47. The van der Waals surface area contributed by atoms with Gasteiger partial charge in [-0.2, -0.15) is 0 Å². The molecule has 1 aliphatic carbocycles. The number of nitrogens with one attached hydrogen (secondary N) is 1. The van der Waals surface area contributed by atoms with E-state index in [2.05, 4.69) is 12.2 Å². The summed E-state index contributed by atoms with van der Waals surface area (Å²) in [5.74, 6) is 0.442. The molecule has 0 saturated heterocycles. The molecule has 18 heavy (non-hydrogen) atoms. The monoisotopic (exact) mass is 254 g/mol. The minimum Gasteiger partial charge on any atom is -0.368 e. The van der Waals surface area contributed by atoms with Crippen molar-refractivity contribution in [2.24, 2.45) is 17.6 Å². The van der Waals surface area contributed by atoms with Crippen molar-refractivity contribution >= 4 is 11.8 Å². The SMILES string of the molecule is CCCC(NC(=O)C1CCC(CC)CC1)C(N)=O. The summed E-state index contributed by atoms with van der Waals surface area (Å²) in [6, 6.07) is -0.494. The van der Waals surface area contributed by atoms with Gasteiger partial charge in [-0.05, 0) is 38.0 Å². The molecule has 104 valence electrons. The molecule has 0 aliphatic heterocycles. The molecule has 2 amide bonds. The maximum atomic E-state index is 12.1. The standard InChI is InChI=1S/C14H26N2O2/c1-3-5-12(13(15)17)16-14(18)11-8-6-10(4-2)7-9-11/h10-12H,3-9H2,1-2H3,(H2,15,17)(H,16,18). The molecule has 0 radical (unpaired) electrons. The third-order valence-corrected chi connectivity index (χ3v) is 4.03. The Bertz CT molecular complexity index is 284. The number of hydrogen-bond donors (Lipinski definition) is 2. The van der Waals surface area contributed by atoms with Gasteiger partial charge in [-0.15, -0.1) is 0 Å². The van der Waals surface area contributed by atoms with E-state index in [4.69, 9.17) is 5.73 Å². The zero-order chi connectivity index (χ0) is 13.5. The fourth-order valence-electron chi connectivity index (χ4n) is 2.70. The second kappa shape index (κ2) is 7.39. The summed E-state index contributed by atoms with van der Waals surface area (Å²) in [6.45, 7) is 4.18. The van der Waals surface area contributed by atoms with E-state index in [0.29, 0.717) is 6.42 Å².